The maximum atomic E-state index is 9.99. The van der Waals surface area contributed by atoms with Crippen molar-refractivity contribution in [1.29, 1.82) is 0 Å². The van der Waals surface area contributed by atoms with Gasteiger partial charge < -0.3 is 9.53 Å². The van der Waals surface area contributed by atoms with Gasteiger partial charge in [0, 0.05) is 6.61 Å². The first kappa shape index (κ1) is 23.1. The largest absolute Gasteiger partial charge is 0.416 e. The summed E-state index contributed by atoms with van der Waals surface area (Å²) in [6.45, 7) is 21.7. The fourth-order valence-corrected chi connectivity index (χ4v) is 10.1. The van der Waals surface area contributed by atoms with Crippen molar-refractivity contribution in [3.63, 3.8) is 0 Å². The van der Waals surface area contributed by atoms with Gasteiger partial charge in [0.25, 0.3) is 0 Å². The van der Waals surface area contributed by atoms with Crippen LogP contribution in [-0.2, 0) is 4.43 Å². The van der Waals surface area contributed by atoms with Crippen molar-refractivity contribution in [2.24, 2.45) is 11.8 Å². The SMILES string of the molecule is CCC[C@H](O)C[C@@H](C)C[C@@H](C)CO[Si](C(C)C)(C(C)C)C(C)C. The molecule has 3 atom stereocenters. The number of aliphatic hydroxyl groups excluding tert-OH is 1. The molecule has 1 N–H and O–H groups in total. The van der Waals surface area contributed by atoms with Gasteiger partial charge in [-0.3, -0.25) is 0 Å². The van der Waals surface area contributed by atoms with E-state index in [1.807, 2.05) is 0 Å². The first-order valence-corrected chi connectivity index (χ1v) is 12.0. The van der Waals surface area contributed by atoms with E-state index in [0.29, 0.717) is 28.5 Å². The second kappa shape index (κ2) is 10.9. The minimum Gasteiger partial charge on any atom is -0.416 e. The molecular formula is C20H44O2Si. The molecule has 0 aromatic heterocycles. The summed E-state index contributed by atoms with van der Waals surface area (Å²) in [4.78, 5) is 0. The van der Waals surface area contributed by atoms with Gasteiger partial charge in [-0.2, -0.15) is 0 Å². The van der Waals surface area contributed by atoms with Crippen LogP contribution in [0.25, 0.3) is 0 Å². The molecule has 0 rings (SSSR count). The molecule has 2 nitrogen and oxygen atoms in total. The molecule has 0 aromatic rings. The summed E-state index contributed by atoms with van der Waals surface area (Å²) in [5.41, 5.74) is 1.95. The van der Waals surface area contributed by atoms with Gasteiger partial charge in [0.2, 0.25) is 0 Å². The van der Waals surface area contributed by atoms with Crippen LogP contribution in [0.2, 0.25) is 16.6 Å². The van der Waals surface area contributed by atoms with Crippen LogP contribution in [0.5, 0.6) is 0 Å². The van der Waals surface area contributed by atoms with Gasteiger partial charge in [0.1, 0.15) is 0 Å². The van der Waals surface area contributed by atoms with E-state index in [9.17, 15) is 5.11 Å². The van der Waals surface area contributed by atoms with Crippen LogP contribution in [0.1, 0.15) is 88.0 Å². The van der Waals surface area contributed by atoms with Gasteiger partial charge in [-0.1, -0.05) is 68.7 Å². The van der Waals surface area contributed by atoms with Crippen molar-refractivity contribution in [1.82, 2.24) is 0 Å². The zero-order valence-corrected chi connectivity index (χ0v) is 18.4. The number of hydrogen-bond donors (Lipinski definition) is 1. The monoisotopic (exact) mass is 344 g/mol. The average molecular weight is 345 g/mol. The minimum atomic E-state index is -1.74. The first-order chi connectivity index (χ1) is 10.6. The Labute approximate surface area is 147 Å². The van der Waals surface area contributed by atoms with E-state index in [-0.39, 0.29) is 6.10 Å². The van der Waals surface area contributed by atoms with E-state index in [0.717, 1.165) is 32.3 Å². The number of aliphatic hydroxyl groups is 1. The molecule has 0 saturated carbocycles. The summed E-state index contributed by atoms with van der Waals surface area (Å²) in [5, 5.41) is 9.99. The smallest absolute Gasteiger partial charge is 0.200 e. The van der Waals surface area contributed by atoms with Gasteiger partial charge >= 0.3 is 0 Å². The Hall–Kier alpha value is 0.137. The summed E-state index contributed by atoms with van der Waals surface area (Å²) < 4.78 is 6.71. The predicted molar refractivity (Wildman–Crippen MR) is 105 cm³/mol. The molecule has 0 aromatic carbocycles. The summed E-state index contributed by atoms with van der Waals surface area (Å²) in [5.74, 6) is 1.14. The van der Waals surface area contributed by atoms with Crippen LogP contribution in [0.3, 0.4) is 0 Å². The summed E-state index contributed by atoms with van der Waals surface area (Å²) in [7, 11) is -1.74. The van der Waals surface area contributed by atoms with Crippen molar-refractivity contribution in [3.05, 3.63) is 0 Å². The van der Waals surface area contributed by atoms with Crippen molar-refractivity contribution < 1.29 is 9.53 Å². The zero-order valence-electron chi connectivity index (χ0n) is 17.4. The normalized spacial score (nSPS) is 17.1. The van der Waals surface area contributed by atoms with Crippen LogP contribution >= 0.6 is 0 Å². The fraction of sp³-hybridized carbons (Fsp3) is 1.00. The second-order valence-corrected chi connectivity index (χ2v) is 14.2. The van der Waals surface area contributed by atoms with Crippen LogP contribution in [-0.4, -0.2) is 26.1 Å². The standard InChI is InChI=1S/C20H44O2Si/c1-10-11-20(21)13-18(8)12-19(9)14-22-23(15(2)3,16(4)5)17(6)7/h15-21H,10-14H2,1-9H3/t18-,19+,20-/m0/s1. The summed E-state index contributed by atoms with van der Waals surface area (Å²) in [6, 6.07) is 0. The molecule has 0 heterocycles. The van der Waals surface area contributed by atoms with Crippen molar-refractivity contribution in [2.75, 3.05) is 6.61 Å². The first-order valence-electron chi connectivity index (χ1n) is 9.89. The predicted octanol–water partition coefficient (Wildman–Crippen LogP) is 6.39. The average Bonchev–Trinajstić information content (AvgIpc) is 2.37. The van der Waals surface area contributed by atoms with E-state index >= 15 is 0 Å². The quantitative estimate of drug-likeness (QED) is 0.415. The molecule has 0 spiro atoms. The highest BCUT2D eigenvalue weighted by atomic mass is 28.4. The van der Waals surface area contributed by atoms with E-state index < -0.39 is 8.32 Å². The van der Waals surface area contributed by atoms with E-state index in [2.05, 4.69) is 62.3 Å². The lowest BCUT2D eigenvalue weighted by Crippen LogP contribution is -2.48. The van der Waals surface area contributed by atoms with E-state index in [4.69, 9.17) is 4.43 Å². The van der Waals surface area contributed by atoms with Gasteiger partial charge in [-0.15, -0.1) is 0 Å². The highest BCUT2D eigenvalue weighted by molar-refractivity contribution is 6.77. The van der Waals surface area contributed by atoms with Crippen molar-refractivity contribution in [3.8, 4) is 0 Å². The topological polar surface area (TPSA) is 29.5 Å². The zero-order chi connectivity index (χ0) is 18.2. The molecule has 23 heavy (non-hydrogen) atoms. The van der Waals surface area contributed by atoms with E-state index in [1.165, 1.54) is 0 Å². The van der Waals surface area contributed by atoms with E-state index in [1.54, 1.807) is 0 Å². The molecule has 0 bridgehead atoms. The Bertz CT molecular complexity index is 280. The fourth-order valence-electron chi connectivity index (χ4n) is 4.55. The molecule has 0 amide bonds. The van der Waals surface area contributed by atoms with Gasteiger partial charge in [0.05, 0.1) is 6.10 Å². The van der Waals surface area contributed by atoms with Crippen LogP contribution in [0.4, 0.5) is 0 Å². The Balaban J connectivity index is 4.56. The summed E-state index contributed by atoms with van der Waals surface area (Å²) in [6.07, 6.45) is 3.95. The Morgan fingerprint density at radius 3 is 1.65 bits per heavy atom. The maximum absolute atomic E-state index is 9.99. The molecule has 0 unspecified atom stereocenters. The molecular weight excluding hydrogens is 300 g/mol. The lowest BCUT2D eigenvalue weighted by Gasteiger charge is -2.43. The van der Waals surface area contributed by atoms with Crippen LogP contribution in [0.15, 0.2) is 0 Å². The minimum absolute atomic E-state index is 0.126. The third-order valence-electron chi connectivity index (χ3n) is 5.43. The Morgan fingerprint density at radius 1 is 0.783 bits per heavy atom. The van der Waals surface area contributed by atoms with Gasteiger partial charge in [0.15, 0.2) is 8.32 Å². The molecule has 140 valence electrons. The molecule has 0 radical (unpaired) electrons. The third kappa shape index (κ3) is 7.27. The maximum Gasteiger partial charge on any atom is 0.200 e. The molecule has 0 fully saturated rings. The van der Waals surface area contributed by atoms with Crippen molar-refractivity contribution >= 4 is 8.32 Å². The highest BCUT2D eigenvalue weighted by Crippen LogP contribution is 2.42. The highest BCUT2D eigenvalue weighted by Gasteiger charge is 2.45. The molecule has 0 saturated heterocycles. The molecule has 0 aliphatic heterocycles. The lowest BCUT2D eigenvalue weighted by atomic mass is 9.92. The summed E-state index contributed by atoms with van der Waals surface area (Å²) >= 11 is 0. The number of rotatable bonds is 12. The Kier molecular flexibility index (Phi) is 11.0. The van der Waals surface area contributed by atoms with Crippen molar-refractivity contribution in [2.45, 2.75) is 111 Å². The number of hydrogen-bond acceptors (Lipinski definition) is 2. The second-order valence-electron chi connectivity index (χ2n) is 8.75. The molecule has 3 heteroatoms. The van der Waals surface area contributed by atoms with Gasteiger partial charge in [-0.05, 0) is 47.7 Å². The third-order valence-corrected chi connectivity index (χ3v) is 11.5. The molecule has 0 aliphatic carbocycles. The van der Waals surface area contributed by atoms with Crippen LogP contribution in [0, 0.1) is 11.8 Å². The lowest BCUT2D eigenvalue weighted by molar-refractivity contribution is 0.124. The molecule has 0 aliphatic rings. The van der Waals surface area contributed by atoms with Gasteiger partial charge in [-0.25, -0.2) is 0 Å². The van der Waals surface area contributed by atoms with Crippen LogP contribution < -0.4 is 0 Å². The Morgan fingerprint density at radius 2 is 1.26 bits per heavy atom.